The van der Waals surface area contributed by atoms with Crippen LogP contribution in [0.15, 0.2) is 9.59 Å². The fourth-order valence-corrected chi connectivity index (χ4v) is 2.28. The van der Waals surface area contributed by atoms with Crippen LogP contribution in [0.4, 0.5) is 0 Å². The van der Waals surface area contributed by atoms with Crippen molar-refractivity contribution in [3.63, 3.8) is 0 Å². The van der Waals surface area contributed by atoms with Crippen molar-refractivity contribution in [2.45, 2.75) is 6.54 Å². The van der Waals surface area contributed by atoms with Crippen LogP contribution in [0.2, 0.25) is 0 Å². The van der Waals surface area contributed by atoms with Gasteiger partial charge >= 0.3 is 82.7 Å². The summed E-state index contributed by atoms with van der Waals surface area (Å²) in [6.07, 6.45) is 0. The molecule has 0 aliphatic carbocycles. The van der Waals surface area contributed by atoms with Gasteiger partial charge in [-0.05, 0) is 0 Å². The molecule has 0 aliphatic heterocycles. The van der Waals surface area contributed by atoms with E-state index in [1.165, 1.54) is 4.57 Å². The Morgan fingerprint density at radius 3 is 2.93 bits per heavy atom. The first-order valence-corrected chi connectivity index (χ1v) is 5.33. The van der Waals surface area contributed by atoms with Crippen LogP contribution in [0, 0.1) is 0 Å². The third-order valence-corrected chi connectivity index (χ3v) is 2.82. The summed E-state index contributed by atoms with van der Waals surface area (Å²) in [5.41, 5.74) is -0.590. The van der Waals surface area contributed by atoms with Crippen molar-refractivity contribution in [2.24, 2.45) is 0 Å². The Morgan fingerprint density at radius 1 is 1.43 bits per heavy atom. The Kier molecular flexibility index (Phi) is 2.32. The van der Waals surface area contributed by atoms with Gasteiger partial charge in [0.05, 0.1) is 0 Å². The Balaban J connectivity index is 2.86. The van der Waals surface area contributed by atoms with E-state index in [1.54, 1.807) is 0 Å². The van der Waals surface area contributed by atoms with Crippen LogP contribution < -0.4 is 11.2 Å². The van der Waals surface area contributed by atoms with Crippen molar-refractivity contribution >= 4 is 26.1 Å². The van der Waals surface area contributed by atoms with Gasteiger partial charge in [0, 0.05) is 0 Å². The number of nitrogens with one attached hydrogen (secondary N) is 1. The molecule has 0 radical (unpaired) electrons. The molecule has 2 rings (SSSR count). The molecular weight excluding hydrogens is 255 g/mol. The standard InChI is InChI=1S/C6H6N4O3Se/c11-2-1-10-4-3(8-14-9-4)5(12)7-6(10)13/h11H,1-2H2,(H,7,12,13). The molecule has 0 aromatic carbocycles. The zero-order chi connectivity index (χ0) is 10.1. The first-order chi connectivity index (χ1) is 6.74. The number of aromatic amines is 1. The van der Waals surface area contributed by atoms with Crippen molar-refractivity contribution in [2.75, 3.05) is 6.61 Å². The van der Waals surface area contributed by atoms with E-state index in [9.17, 15) is 9.59 Å². The third kappa shape index (κ3) is 1.33. The molecule has 2 N–H and O–H groups in total. The van der Waals surface area contributed by atoms with Gasteiger partial charge in [0.1, 0.15) is 0 Å². The average Bonchev–Trinajstić information content (AvgIpc) is 2.60. The van der Waals surface area contributed by atoms with Gasteiger partial charge in [0.2, 0.25) is 0 Å². The SMILES string of the molecule is O=c1[nH]c(=O)n(CCO)c2n[se]nc12. The van der Waals surface area contributed by atoms with E-state index in [2.05, 4.69) is 12.9 Å². The summed E-state index contributed by atoms with van der Waals surface area (Å²) in [7, 11) is 0. The Labute approximate surface area is 83.2 Å². The monoisotopic (exact) mass is 262 g/mol. The summed E-state index contributed by atoms with van der Waals surface area (Å²) in [5.74, 6) is 0. The molecule has 14 heavy (non-hydrogen) atoms. The topological polar surface area (TPSA) is 101 Å². The van der Waals surface area contributed by atoms with Crippen LogP contribution in [0.25, 0.3) is 11.2 Å². The molecule has 0 spiro atoms. The van der Waals surface area contributed by atoms with Crippen LogP contribution in [0.1, 0.15) is 0 Å². The molecule has 0 atom stereocenters. The zero-order valence-electron chi connectivity index (χ0n) is 6.93. The van der Waals surface area contributed by atoms with Gasteiger partial charge in [0.25, 0.3) is 0 Å². The van der Waals surface area contributed by atoms with E-state index in [0.717, 1.165) is 0 Å². The van der Waals surface area contributed by atoms with Crippen molar-refractivity contribution in [1.82, 2.24) is 17.5 Å². The number of aliphatic hydroxyl groups excluding tert-OH is 1. The molecule has 74 valence electrons. The van der Waals surface area contributed by atoms with Gasteiger partial charge < -0.3 is 0 Å². The molecule has 0 saturated heterocycles. The molecule has 0 bridgehead atoms. The second kappa shape index (κ2) is 3.49. The number of H-pyrrole nitrogens is 1. The summed E-state index contributed by atoms with van der Waals surface area (Å²) < 4.78 is 9.08. The van der Waals surface area contributed by atoms with Gasteiger partial charge in [-0.3, -0.25) is 0 Å². The molecule has 0 saturated carbocycles. The number of aliphatic hydroxyl groups is 1. The predicted octanol–water partition coefficient (Wildman–Crippen LogP) is -2.47. The minimum absolute atomic E-state index is 0.118. The molecule has 0 fully saturated rings. The van der Waals surface area contributed by atoms with Crippen molar-refractivity contribution in [3.8, 4) is 0 Å². The van der Waals surface area contributed by atoms with Gasteiger partial charge in [-0.2, -0.15) is 0 Å². The van der Waals surface area contributed by atoms with Crippen LogP contribution >= 0.6 is 0 Å². The average molecular weight is 261 g/mol. The maximum atomic E-state index is 11.3. The van der Waals surface area contributed by atoms with E-state index in [0.29, 0.717) is 0 Å². The number of rotatable bonds is 2. The van der Waals surface area contributed by atoms with E-state index in [4.69, 9.17) is 5.11 Å². The first kappa shape index (κ1) is 9.32. The molecule has 0 unspecified atom stereocenters. The molecule has 7 nitrogen and oxygen atoms in total. The molecule has 0 amide bonds. The first-order valence-electron chi connectivity index (χ1n) is 3.80. The van der Waals surface area contributed by atoms with Crippen molar-refractivity contribution in [3.05, 3.63) is 20.8 Å². The van der Waals surface area contributed by atoms with E-state index in [1.807, 2.05) is 0 Å². The molecular formula is C6H6N4O3Se. The number of aromatic nitrogens is 4. The Hall–Kier alpha value is -1.24. The number of hydrogen-bond donors (Lipinski definition) is 2. The normalized spacial score (nSPS) is 10.9. The van der Waals surface area contributed by atoms with Gasteiger partial charge in [0.15, 0.2) is 0 Å². The summed E-state index contributed by atoms with van der Waals surface area (Å²) in [6, 6.07) is 0. The molecule has 8 heteroatoms. The van der Waals surface area contributed by atoms with Gasteiger partial charge in [-0.25, -0.2) is 0 Å². The molecule has 2 heterocycles. The fraction of sp³-hybridized carbons (Fsp3) is 0.333. The van der Waals surface area contributed by atoms with E-state index in [-0.39, 0.29) is 39.3 Å². The Bertz CT molecular complexity index is 568. The number of hydrogen-bond acceptors (Lipinski definition) is 5. The maximum absolute atomic E-state index is 11.3. The van der Waals surface area contributed by atoms with Crippen LogP contribution in [0.5, 0.6) is 0 Å². The van der Waals surface area contributed by atoms with Crippen LogP contribution in [0.3, 0.4) is 0 Å². The minimum atomic E-state index is -0.556. The number of nitrogens with zero attached hydrogens (tertiary/aromatic N) is 3. The second-order valence-electron chi connectivity index (χ2n) is 2.57. The summed E-state index contributed by atoms with van der Waals surface area (Å²) in [4.78, 5) is 24.6. The summed E-state index contributed by atoms with van der Waals surface area (Å²) >= 11 is -0.361. The van der Waals surface area contributed by atoms with Gasteiger partial charge in [-0.1, -0.05) is 0 Å². The van der Waals surface area contributed by atoms with E-state index >= 15 is 0 Å². The van der Waals surface area contributed by atoms with Crippen LogP contribution in [-0.2, 0) is 6.54 Å². The zero-order valence-corrected chi connectivity index (χ0v) is 8.64. The fourth-order valence-electron chi connectivity index (χ4n) is 1.13. The summed E-state index contributed by atoms with van der Waals surface area (Å²) in [5, 5.41) is 8.73. The quantitative estimate of drug-likeness (QED) is 0.583. The van der Waals surface area contributed by atoms with E-state index < -0.39 is 11.2 Å². The molecule has 2 aromatic rings. The molecule has 0 aliphatic rings. The molecule has 2 aromatic heterocycles. The predicted molar refractivity (Wildman–Crippen MR) is 48.4 cm³/mol. The van der Waals surface area contributed by atoms with Crippen LogP contribution in [-0.4, -0.2) is 44.2 Å². The number of fused-ring (bicyclic) bond motifs is 1. The van der Waals surface area contributed by atoms with Gasteiger partial charge in [-0.15, -0.1) is 0 Å². The van der Waals surface area contributed by atoms with Crippen molar-refractivity contribution in [1.29, 1.82) is 0 Å². The third-order valence-electron chi connectivity index (χ3n) is 1.73. The Morgan fingerprint density at radius 2 is 2.21 bits per heavy atom. The summed E-state index contributed by atoms with van der Waals surface area (Å²) in [6.45, 7) is -0.0616. The second-order valence-corrected chi connectivity index (χ2v) is 3.68. The van der Waals surface area contributed by atoms with Crippen molar-refractivity contribution < 1.29 is 5.11 Å².